The van der Waals surface area contributed by atoms with Crippen LogP contribution in [0.1, 0.15) is 66.3 Å². The molecule has 6 rings (SSSR count). The molecule has 3 saturated heterocycles. The van der Waals surface area contributed by atoms with Crippen LogP contribution in [0.4, 0.5) is 11.5 Å². The van der Waals surface area contributed by atoms with Crippen molar-refractivity contribution in [3.05, 3.63) is 52.3 Å². The number of hydrogen-bond acceptors (Lipinski definition) is 8. The second kappa shape index (κ2) is 10.5. The van der Waals surface area contributed by atoms with Crippen molar-refractivity contribution < 1.29 is 13.2 Å². The average Bonchev–Trinajstić information content (AvgIpc) is 3.52. The van der Waals surface area contributed by atoms with E-state index in [1.54, 1.807) is 16.0 Å². The highest BCUT2D eigenvalue weighted by molar-refractivity contribution is 7.92. The van der Waals surface area contributed by atoms with E-state index in [1.165, 1.54) is 12.1 Å². The first-order valence-electron chi connectivity index (χ1n) is 13.8. The van der Waals surface area contributed by atoms with Crippen LogP contribution in [0.2, 0.25) is 5.02 Å². The Morgan fingerprint density at radius 2 is 1.90 bits per heavy atom. The Morgan fingerprint density at radius 3 is 2.60 bits per heavy atom. The summed E-state index contributed by atoms with van der Waals surface area (Å²) in [5.74, 6) is 7.55. The molecule has 2 aromatic heterocycles. The molecule has 0 aliphatic carbocycles. The summed E-state index contributed by atoms with van der Waals surface area (Å²) in [5, 5.41) is 7.17. The quantitative estimate of drug-likeness (QED) is 0.421. The molecular weight excluding hydrogens is 552 g/mol. The van der Waals surface area contributed by atoms with Crippen LogP contribution in [-0.4, -0.2) is 77.8 Å². The lowest BCUT2D eigenvalue weighted by Crippen LogP contribution is -2.50. The zero-order valence-electron chi connectivity index (χ0n) is 22.8. The third kappa shape index (κ3) is 5.37. The maximum Gasteiger partial charge on any atom is 0.256 e. The van der Waals surface area contributed by atoms with E-state index in [-0.39, 0.29) is 29.1 Å². The number of anilines is 2. The number of amides is 1. The standard InChI is InChI=1S/C27H35ClN8O3S/c1-17-8-10-33(14-17)25-13-24(18-15-34(29)16-18)36-26(30-25)12-22(31-36)23-5-3-4-9-35(23)27(37)20-11-19(28)6-7-21(20)32-40(2,38)39/h6-7,11-13,17-18,23,32H,3-5,8-10,14-16,29H2,1-2H3/t17-,23+/m1/s1. The summed E-state index contributed by atoms with van der Waals surface area (Å²) >= 11 is 6.24. The van der Waals surface area contributed by atoms with Crippen molar-refractivity contribution in [1.82, 2.24) is 24.5 Å². The van der Waals surface area contributed by atoms with Crippen LogP contribution in [0.15, 0.2) is 30.3 Å². The Bertz CT molecular complexity index is 1550. The molecule has 11 nitrogen and oxygen atoms in total. The summed E-state index contributed by atoms with van der Waals surface area (Å²) in [5.41, 5.74) is 3.04. The minimum absolute atomic E-state index is 0.209. The lowest BCUT2D eigenvalue weighted by Gasteiger charge is -2.36. The van der Waals surface area contributed by atoms with Gasteiger partial charge in [-0.1, -0.05) is 18.5 Å². The first-order valence-corrected chi connectivity index (χ1v) is 16.1. The Balaban J connectivity index is 1.38. The third-order valence-corrected chi connectivity index (χ3v) is 8.97. The van der Waals surface area contributed by atoms with Gasteiger partial charge in [0.15, 0.2) is 5.65 Å². The molecule has 3 aliphatic heterocycles. The lowest BCUT2D eigenvalue weighted by atomic mass is 9.97. The summed E-state index contributed by atoms with van der Waals surface area (Å²) in [6.45, 7) is 6.26. The first-order chi connectivity index (χ1) is 19.1. The predicted octanol–water partition coefficient (Wildman–Crippen LogP) is 3.24. The van der Waals surface area contributed by atoms with Gasteiger partial charge >= 0.3 is 0 Å². The van der Waals surface area contributed by atoms with Gasteiger partial charge < -0.3 is 9.80 Å². The van der Waals surface area contributed by atoms with Crippen LogP contribution in [0, 0.1) is 5.92 Å². The smallest absolute Gasteiger partial charge is 0.256 e. The number of sulfonamides is 1. The van der Waals surface area contributed by atoms with E-state index in [0.717, 1.165) is 81.0 Å². The number of nitrogens with one attached hydrogen (secondary N) is 1. The maximum absolute atomic E-state index is 13.9. The fraction of sp³-hybridized carbons (Fsp3) is 0.519. The number of aromatic nitrogens is 3. The molecule has 0 unspecified atom stereocenters. The van der Waals surface area contributed by atoms with Gasteiger partial charge in [0, 0.05) is 55.8 Å². The van der Waals surface area contributed by atoms with Gasteiger partial charge in [0.2, 0.25) is 10.0 Å². The molecular formula is C27H35ClN8O3S. The van der Waals surface area contributed by atoms with Crippen molar-refractivity contribution >= 4 is 44.7 Å². The van der Waals surface area contributed by atoms with Crippen molar-refractivity contribution in [1.29, 1.82) is 0 Å². The number of nitrogens with zero attached hydrogens (tertiary/aromatic N) is 6. The third-order valence-electron chi connectivity index (χ3n) is 8.15. The normalized spacial score (nSPS) is 22.6. The van der Waals surface area contributed by atoms with E-state index in [2.05, 4.69) is 22.6 Å². The number of hydrogen-bond donors (Lipinski definition) is 2. The Labute approximate surface area is 239 Å². The molecule has 3 aromatic rings. The minimum Gasteiger partial charge on any atom is -0.356 e. The van der Waals surface area contributed by atoms with Gasteiger partial charge in [0.25, 0.3) is 5.91 Å². The van der Waals surface area contributed by atoms with Crippen LogP contribution in [0.5, 0.6) is 0 Å². The van der Waals surface area contributed by atoms with Crippen LogP contribution >= 0.6 is 11.6 Å². The molecule has 2 atom stereocenters. The number of rotatable bonds is 6. The zero-order chi connectivity index (χ0) is 28.2. The highest BCUT2D eigenvalue weighted by atomic mass is 35.5. The van der Waals surface area contributed by atoms with E-state index in [0.29, 0.717) is 17.5 Å². The molecule has 3 N–H and O–H groups in total. The maximum atomic E-state index is 13.9. The Morgan fingerprint density at radius 1 is 1.10 bits per heavy atom. The van der Waals surface area contributed by atoms with E-state index in [4.69, 9.17) is 27.5 Å². The van der Waals surface area contributed by atoms with Gasteiger partial charge in [-0.2, -0.15) is 5.10 Å². The van der Waals surface area contributed by atoms with Gasteiger partial charge in [0.05, 0.1) is 34.9 Å². The van der Waals surface area contributed by atoms with Crippen molar-refractivity contribution in [2.75, 3.05) is 48.6 Å². The molecule has 0 radical (unpaired) electrons. The first kappa shape index (κ1) is 27.3. The summed E-state index contributed by atoms with van der Waals surface area (Å²) in [4.78, 5) is 23.1. The molecule has 3 fully saturated rings. The number of fused-ring (bicyclic) bond motifs is 1. The Kier molecular flexibility index (Phi) is 7.14. The summed E-state index contributed by atoms with van der Waals surface area (Å²) in [6.07, 6.45) is 4.75. The van der Waals surface area contributed by atoms with Gasteiger partial charge in [0.1, 0.15) is 5.82 Å². The number of piperidine rings is 1. The SMILES string of the molecule is C[C@@H]1CCN(c2cc(C3CN(N)C3)n3nc([C@@H]4CCCCN4C(=O)c4cc(Cl)ccc4NS(C)(=O)=O)cc3n2)C1. The van der Waals surface area contributed by atoms with Gasteiger partial charge in [-0.05, 0) is 49.8 Å². The number of carbonyl (C=O) groups is 1. The van der Waals surface area contributed by atoms with Crippen molar-refractivity contribution in [3.8, 4) is 0 Å². The van der Waals surface area contributed by atoms with E-state index < -0.39 is 10.0 Å². The minimum atomic E-state index is -3.59. The monoisotopic (exact) mass is 586 g/mol. The van der Waals surface area contributed by atoms with Crippen LogP contribution in [0.25, 0.3) is 5.65 Å². The van der Waals surface area contributed by atoms with Gasteiger partial charge in [-0.3, -0.25) is 15.4 Å². The van der Waals surface area contributed by atoms with Crippen molar-refractivity contribution in [2.45, 2.75) is 44.6 Å². The second-order valence-corrected chi connectivity index (χ2v) is 13.6. The number of likely N-dealkylation sites (tertiary alicyclic amines) is 1. The topological polar surface area (TPSA) is 129 Å². The molecule has 0 saturated carbocycles. The molecule has 5 heterocycles. The fourth-order valence-corrected chi connectivity index (χ4v) is 6.83. The second-order valence-electron chi connectivity index (χ2n) is 11.4. The molecule has 214 valence electrons. The fourth-order valence-electron chi connectivity index (χ4n) is 6.08. The van der Waals surface area contributed by atoms with E-state index in [1.807, 2.05) is 10.6 Å². The number of benzene rings is 1. The molecule has 1 amide bonds. The molecule has 13 heteroatoms. The summed E-state index contributed by atoms with van der Waals surface area (Å²) < 4.78 is 28.4. The Hall–Kier alpha value is -2.93. The lowest BCUT2D eigenvalue weighted by molar-refractivity contribution is 0.0606. The number of nitrogens with two attached hydrogens (primary N) is 1. The molecule has 0 spiro atoms. The highest BCUT2D eigenvalue weighted by Gasteiger charge is 2.34. The number of carbonyl (C=O) groups excluding carboxylic acids is 1. The van der Waals surface area contributed by atoms with Crippen molar-refractivity contribution in [2.24, 2.45) is 11.8 Å². The van der Waals surface area contributed by atoms with Crippen LogP contribution in [0.3, 0.4) is 0 Å². The average molecular weight is 587 g/mol. The van der Waals surface area contributed by atoms with E-state index >= 15 is 0 Å². The van der Waals surface area contributed by atoms with Crippen LogP contribution < -0.4 is 15.5 Å². The molecule has 40 heavy (non-hydrogen) atoms. The van der Waals surface area contributed by atoms with Crippen LogP contribution in [-0.2, 0) is 10.0 Å². The number of hydrazine groups is 1. The number of halogens is 1. The van der Waals surface area contributed by atoms with Gasteiger partial charge in [-0.25, -0.2) is 22.9 Å². The molecule has 3 aliphatic rings. The predicted molar refractivity (Wildman–Crippen MR) is 155 cm³/mol. The molecule has 0 bridgehead atoms. The largest absolute Gasteiger partial charge is 0.356 e. The van der Waals surface area contributed by atoms with E-state index in [9.17, 15) is 13.2 Å². The van der Waals surface area contributed by atoms with Gasteiger partial charge in [-0.15, -0.1) is 0 Å². The summed E-state index contributed by atoms with van der Waals surface area (Å²) in [6, 6.07) is 8.48. The van der Waals surface area contributed by atoms with Crippen molar-refractivity contribution in [3.63, 3.8) is 0 Å². The summed E-state index contributed by atoms with van der Waals surface area (Å²) in [7, 11) is -3.59. The zero-order valence-corrected chi connectivity index (χ0v) is 24.3. The molecule has 1 aromatic carbocycles. The highest BCUT2D eigenvalue weighted by Crippen LogP contribution is 2.36.